The fourth-order valence-electron chi connectivity index (χ4n) is 4.68. The van der Waals surface area contributed by atoms with Crippen molar-refractivity contribution < 1.29 is 39.9 Å². The molecule has 4 rings (SSSR count). The summed E-state index contributed by atoms with van der Waals surface area (Å²) in [6.45, 7) is 4.88. The minimum atomic E-state index is -4.74. The molecule has 1 amide bonds. The predicted octanol–water partition coefficient (Wildman–Crippen LogP) is 2.55. The van der Waals surface area contributed by atoms with Crippen LogP contribution in [0.1, 0.15) is 19.4 Å². The first-order valence-electron chi connectivity index (χ1n) is 11.9. The van der Waals surface area contributed by atoms with Gasteiger partial charge in [-0.15, -0.1) is 0 Å². The smallest absolute Gasteiger partial charge is 0.294 e. The number of piperazine rings is 1. The van der Waals surface area contributed by atoms with E-state index in [2.05, 4.69) is 4.90 Å². The van der Waals surface area contributed by atoms with Crippen molar-refractivity contribution in [2.24, 2.45) is 0 Å². The van der Waals surface area contributed by atoms with E-state index in [0.29, 0.717) is 19.6 Å². The largest absolute Gasteiger partial charge is 0.483 e. The van der Waals surface area contributed by atoms with Crippen LogP contribution in [-0.2, 0) is 31.6 Å². The van der Waals surface area contributed by atoms with Crippen LogP contribution in [0.4, 0.5) is 10.1 Å². The summed E-state index contributed by atoms with van der Waals surface area (Å²) in [5.41, 5.74) is 6.79. The summed E-state index contributed by atoms with van der Waals surface area (Å²) in [5.74, 6) is -0.857. The highest BCUT2D eigenvalue weighted by atomic mass is 32.2. The van der Waals surface area contributed by atoms with Crippen molar-refractivity contribution in [1.29, 1.82) is 0 Å². The highest BCUT2D eigenvalue weighted by molar-refractivity contribution is 7.86. The van der Waals surface area contributed by atoms with Crippen molar-refractivity contribution in [2.75, 3.05) is 25.4 Å². The van der Waals surface area contributed by atoms with Gasteiger partial charge in [0.2, 0.25) is 0 Å². The minimum Gasteiger partial charge on any atom is -0.483 e. The van der Waals surface area contributed by atoms with Gasteiger partial charge >= 0.3 is 0 Å². The van der Waals surface area contributed by atoms with Gasteiger partial charge in [0.1, 0.15) is 11.6 Å². The van der Waals surface area contributed by atoms with Crippen molar-refractivity contribution in [1.82, 2.24) is 9.80 Å². The normalized spacial score (nSPS) is 18.8. The maximum absolute atomic E-state index is 13.2. The molecule has 0 aliphatic carbocycles. The predicted molar refractivity (Wildman–Crippen MR) is 141 cm³/mol. The van der Waals surface area contributed by atoms with E-state index in [0.717, 1.165) is 29.8 Å². The quantitative estimate of drug-likeness (QED) is 0.279. The van der Waals surface area contributed by atoms with Crippen LogP contribution in [0, 0.1) is 5.82 Å². The Bertz CT molecular complexity index is 1620. The number of halogens is 1. The summed E-state index contributed by atoms with van der Waals surface area (Å²) in [4.78, 5) is 15.8. The number of ether oxygens (including phenoxy) is 1. The van der Waals surface area contributed by atoms with Crippen LogP contribution in [0.3, 0.4) is 0 Å². The Morgan fingerprint density at radius 3 is 2.15 bits per heavy atom. The van der Waals surface area contributed by atoms with Crippen LogP contribution < -0.4 is 10.5 Å². The number of fused-ring (bicyclic) bond motifs is 1. The number of nitrogens with two attached hydrogens (primary N) is 1. The molecule has 3 aromatic rings. The maximum atomic E-state index is 13.2. The van der Waals surface area contributed by atoms with Gasteiger partial charge in [-0.2, -0.15) is 16.8 Å². The van der Waals surface area contributed by atoms with Crippen molar-refractivity contribution in [3.63, 3.8) is 0 Å². The van der Waals surface area contributed by atoms with Gasteiger partial charge < -0.3 is 15.4 Å². The number of hydrogen-bond donors (Lipinski definition) is 3. The molecular formula is C25H28FN3O8S2. The van der Waals surface area contributed by atoms with Gasteiger partial charge in [-0.1, -0.05) is 12.1 Å². The van der Waals surface area contributed by atoms with Gasteiger partial charge in [-0.25, -0.2) is 4.39 Å². The van der Waals surface area contributed by atoms with E-state index in [4.69, 9.17) is 10.5 Å². The zero-order valence-corrected chi connectivity index (χ0v) is 22.7. The molecule has 39 heavy (non-hydrogen) atoms. The zero-order chi connectivity index (χ0) is 28.7. The Morgan fingerprint density at radius 1 is 0.974 bits per heavy atom. The lowest BCUT2D eigenvalue weighted by atomic mass is 10.1. The molecule has 0 bridgehead atoms. The summed E-state index contributed by atoms with van der Waals surface area (Å²) in [6.07, 6.45) is 0. The minimum absolute atomic E-state index is 0.0200. The molecule has 1 heterocycles. The SMILES string of the molecule is C[C@@H]1CN(Cc2ccc(F)cc2)[C@@H](C)CN1C(=O)COc1cc(S(=O)(=O)O)cc2cc(S(=O)(=O)O)cc(N)c12. The molecule has 210 valence electrons. The van der Waals surface area contributed by atoms with Gasteiger partial charge in [0.15, 0.2) is 6.61 Å². The van der Waals surface area contributed by atoms with E-state index in [1.807, 2.05) is 13.8 Å². The molecule has 1 aliphatic rings. The number of hydrogen-bond acceptors (Lipinski definition) is 8. The lowest BCUT2D eigenvalue weighted by Gasteiger charge is -2.44. The van der Waals surface area contributed by atoms with E-state index < -0.39 is 36.6 Å². The average molecular weight is 582 g/mol. The molecule has 0 saturated carbocycles. The number of benzene rings is 3. The van der Waals surface area contributed by atoms with Crippen LogP contribution >= 0.6 is 0 Å². The van der Waals surface area contributed by atoms with E-state index in [1.54, 1.807) is 17.0 Å². The number of anilines is 1. The average Bonchev–Trinajstić information content (AvgIpc) is 2.84. The second-order valence-corrected chi connectivity index (χ2v) is 12.4. The number of nitrogen functional groups attached to an aromatic ring is 1. The van der Waals surface area contributed by atoms with E-state index in [9.17, 15) is 35.1 Å². The van der Waals surface area contributed by atoms with Crippen LogP contribution in [0.25, 0.3) is 10.8 Å². The third-order valence-corrected chi connectivity index (χ3v) is 8.33. The van der Waals surface area contributed by atoms with Crippen LogP contribution in [-0.4, -0.2) is 73.4 Å². The lowest BCUT2D eigenvalue weighted by Crippen LogP contribution is -2.58. The molecule has 4 N–H and O–H groups in total. The van der Waals surface area contributed by atoms with Crippen molar-refractivity contribution in [3.8, 4) is 5.75 Å². The number of carbonyl (C=O) groups excluding carboxylic acids is 1. The second kappa shape index (κ2) is 10.7. The number of nitrogens with zero attached hydrogens (tertiary/aromatic N) is 2. The molecule has 3 aromatic carbocycles. The summed E-state index contributed by atoms with van der Waals surface area (Å²) in [6, 6.07) is 9.94. The Labute approximate surface area is 225 Å². The zero-order valence-electron chi connectivity index (χ0n) is 21.1. The van der Waals surface area contributed by atoms with Gasteiger partial charge in [-0.05, 0) is 55.1 Å². The second-order valence-electron chi connectivity index (χ2n) is 9.57. The lowest BCUT2D eigenvalue weighted by molar-refractivity contribution is -0.139. The van der Waals surface area contributed by atoms with Crippen molar-refractivity contribution in [2.45, 2.75) is 42.3 Å². The Hall–Kier alpha value is -3.30. The van der Waals surface area contributed by atoms with Crippen molar-refractivity contribution in [3.05, 3.63) is 59.9 Å². The summed E-state index contributed by atoms with van der Waals surface area (Å²) in [5, 5.41) is 0.0599. The van der Waals surface area contributed by atoms with Crippen molar-refractivity contribution >= 4 is 42.6 Å². The van der Waals surface area contributed by atoms with Gasteiger partial charge in [0.05, 0.1) is 9.79 Å². The third-order valence-electron chi connectivity index (χ3n) is 6.67. The highest BCUT2D eigenvalue weighted by Crippen LogP contribution is 2.36. The molecule has 0 aromatic heterocycles. The van der Waals surface area contributed by atoms with Gasteiger partial charge in [0.25, 0.3) is 26.1 Å². The standard InChI is InChI=1S/C25H28FN3O8S2/c1-15-12-29(16(2)11-28(15)13-17-3-5-19(26)6-4-17)24(30)14-37-23-10-21(39(34,35)36)8-18-7-20(38(31,32)33)9-22(27)25(18)23/h3-10,15-16H,11-14,27H2,1-2H3,(H,31,32,33)(H,34,35,36)/t15-,16+/m0/s1. The molecule has 0 radical (unpaired) electrons. The first-order valence-corrected chi connectivity index (χ1v) is 14.7. The molecule has 1 aliphatic heterocycles. The van der Waals surface area contributed by atoms with E-state index in [1.165, 1.54) is 12.1 Å². The molecular weight excluding hydrogens is 553 g/mol. The summed E-state index contributed by atoms with van der Waals surface area (Å²) < 4.78 is 84.8. The Balaban J connectivity index is 1.55. The van der Waals surface area contributed by atoms with E-state index in [-0.39, 0.29) is 46.0 Å². The Morgan fingerprint density at radius 2 is 1.56 bits per heavy atom. The van der Waals surface area contributed by atoms with Gasteiger partial charge in [-0.3, -0.25) is 18.8 Å². The monoisotopic (exact) mass is 581 g/mol. The molecule has 0 unspecified atom stereocenters. The number of rotatable bonds is 7. The van der Waals surface area contributed by atoms with Crippen LogP contribution in [0.2, 0.25) is 0 Å². The van der Waals surface area contributed by atoms with Crippen LogP contribution in [0.15, 0.2) is 58.3 Å². The molecule has 1 fully saturated rings. The molecule has 2 atom stereocenters. The third kappa shape index (κ3) is 6.47. The molecule has 0 spiro atoms. The number of carbonyl (C=O) groups is 1. The maximum Gasteiger partial charge on any atom is 0.294 e. The fourth-order valence-corrected chi connectivity index (χ4v) is 5.76. The molecule has 14 heteroatoms. The summed E-state index contributed by atoms with van der Waals surface area (Å²) in [7, 11) is -9.41. The number of amides is 1. The first kappa shape index (κ1) is 28.7. The first-order chi connectivity index (χ1) is 18.1. The molecule has 11 nitrogen and oxygen atoms in total. The fraction of sp³-hybridized carbons (Fsp3) is 0.320. The van der Waals surface area contributed by atoms with E-state index >= 15 is 0 Å². The van der Waals surface area contributed by atoms with Gasteiger partial charge in [0, 0.05) is 48.9 Å². The van der Waals surface area contributed by atoms with Crippen LogP contribution in [0.5, 0.6) is 5.75 Å². The highest BCUT2D eigenvalue weighted by Gasteiger charge is 2.32. The summed E-state index contributed by atoms with van der Waals surface area (Å²) >= 11 is 0. The molecule has 1 saturated heterocycles. The Kier molecular flexibility index (Phi) is 7.87. The topological polar surface area (TPSA) is 168 Å².